The Morgan fingerprint density at radius 3 is 1.86 bits per heavy atom. The summed E-state index contributed by atoms with van der Waals surface area (Å²) in [6, 6.07) is 19.0. The van der Waals surface area contributed by atoms with Crippen molar-refractivity contribution in [1.29, 1.82) is 0 Å². The third-order valence-electron chi connectivity index (χ3n) is 9.63. The van der Waals surface area contributed by atoms with E-state index in [9.17, 15) is 14.4 Å². The average molecular weight is 500 g/mol. The molecule has 0 unspecified atom stereocenters. The standard InChI is InChI=1S/C31H37N3O3/c1-21(30-15-24-12-25(16-30)14-26(13-24)17-30)32-27(35)20-34-28(36)31(33-29(34)37,18-22-8-4-2-5-9-22)19-23-10-6-3-7-11-23/h2-11,21,24-26H,12-20H2,1H3,(H,32,35)(H,33,37)/t21-,24?,25?,26?,30?/m0/s1. The van der Waals surface area contributed by atoms with Gasteiger partial charge in [-0.15, -0.1) is 0 Å². The van der Waals surface area contributed by atoms with Crippen molar-refractivity contribution in [2.75, 3.05) is 6.54 Å². The molecule has 194 valence electrons. The molecule has 5 aliphatic rings. The number of benzene rings is 2. The summed E-state index contributed by atoms with van der Waals surface area (Å²) < 4.78 is 0. The summed E-state index contributed by atoms with van der Waals surface area (Å²) in [7, 11) is 0. The number of urea groups is 1. The summed E-state index contributed by atoms with van der Waals surface area (Å²) in [5.41, 5.74) is 0.986. The van der Waals surface area contributed by atoms with Crippen LogP contribution in [0.1, 0.15) is 56.6 Å². The molecule has 0 aromatic heterocycles. The molecule has 2 N–H and O–H groups in total. The van der Waals surface area contributed by atoms with Gasteiger partial charge in [0.25, 0.3) is 5.91 Å². The van der Waals surface area contributed by atoms with Gasteiger partial charge in [-0.3, -0.25) is 14.5 Å². The Bertz CT molecular complexity index is 1100. The predicted octanol–water partition coefficient (Wildman–Crippen LogP) is 4.48. The third kappa shape index (κ3) is 4.55. The summed E-state index contributed by atoms with van der Waals surface area (Å²) >= 11 is 0. The Kier molecular flexibility index (Phi) is 6.09. The highest BCUT2D eigenvalue weighted by molar-refractivity contribution is 6.09. The molecule has 2 aromatic carbocycles. The van der Waals surface area contributed by atoms with Crippen LogP contribution >= 0.6 is 0 Å². The maximum Gasteiger partial charge on any atom is 0.325 e. The minimum absolute atomic E-state index is 0.0487. The van der Waals surface area contributed by atoms with E-state index in [4.69, 9.17) is 0 Å². The van der Waals surface area contributed by atoms with Gasteiger partial charge in [0.2, 0.25) is 5.91 Å². The van der Waals surface area contributed by atoms with E-state index in [0.717, 1.165) is 33.8 Å². The number of rotatable bonds is 8. The first-order valence-electron chi connectivity index (χ1n) is 13.9. The highest BCUT2D eigenvalue weighted by Crippen LogP contribution is 2.61. The maximum absolute atomic E-state index is 13.9. The Balaban J connectivity index is 1.18. The van der Waals surface area contributed by atoms with Crippen LogP contribution in [0.25, 0.3) is 0 Å². The number of hydrogen-bond donors (Lipinski definition) is 2. The first kappa shape index (κ1) is 24.2. The lowest BCUT2D eigenvalue weighted by Gasteiger charge is -2.59. The van der Waals surface area contributed by atoms with Crippen molar-refractivity contribution in [3.63, 3.8) is 0 Å². The quantitative estimate of drug-likeness (QED) is 0.526. The van der Waals surface area contributed by atoms with Crippen LogP contribution < -0.4 is 10.6 Å². The van der Waals surface area contributed by atoms with E-state index in [2.05, 4.69) is 17.6 Å². The van der Waals surface area contributed by atoms with Gasteiger partial charge in [0.1, 0.15) is 12.1 Å². The predicted molar refractivity (Wildman–Crippen MR) is 141 cm³/mol. The first-order valence-corrected chi connectivity index (χ1v) is 13.9. The molecule has 6 nitrogen and oxygen atoms in total. The molecule has 5 fully saturated rings. The van der Waals surface area contributed by atoms with Crippen molar-refractivity contribution >= 4 is 17.8 Å². The highest BCUT2D eigenvalue weighted by atomic mass is 16.2. The molecule has 7 rings (SSSR count). The first-order chi connectivity index (χ1) is 17.8. The zero-order valence-electron chi connectivity index (χ0n) is 21.6. The zero-order valence-corrected chi connectivity index (χ0v) is 21.6. The van der Waals surface area contributed by atoms with E-state index in [0.29, 0.717) is 12.8 Å². The zero-order chi connectivity index (χ0) is 25.6. The number of amides is 4. The monoisotopic (exact) mass is 499 g/mol. The van der Waals surface area contributed by atoms with Gasteiger partial charge in [0.05, 0.1) is 0 Å². The van der Waals surface area contributed by atoms with E-state index in [-0.39, 0.29) is 29.8 Å². The molecule has 1 atom stereocenters. The fraction of sp³-hybridized carbons (Fsp3) is 0.516. The Morgan fingerprint density at radius 1 is 0.892 bits per heavy atom. The smallest absolute Gasteiger partial charge is 0.325 e. The lowest BCUT2D eigenvalue weighted by Crippen LogP contribution is -2.57. The molecule has 2 aromatic rings. The molecule has 0 radical (unpaired) electrons. The van der Waals surface area contributed by atoms with Gasteiger partial charge in [0.15, 0.2) is 0 Å². The minimum atomic E-state index is -1.12. The van der Waals surface area contributed by atoms with Crippen molar-refractivity contribution in [2.45, 2.75) is 69.9 Å². The lowest BCUT2D eigenvalue weighted by atomic mass is 9.48. The van der Waals surface area contributed by atoms with Crippen LogP contribution in [0.5, 0.6) is 0 Å². The second-order valence-electron chi connectivity index (χ2n) is 12.3. The van der Waals surface area contributed by atoms with Crippen LogP contribution in [-0.4, -0.2) is 40.9 Å². The van der Waals surface area contributed by atoms with Crippen LogP contribution in [0.3, 0.4) is 0 Å². The molecule has 6 heteroatoms. The number of imide groups is 1. The molecule has 4 aliphatic carbocycles. The summed E-state index contributed by atoms with van der Waals surface area (Å²) in [5.74, 6) is 1.82. The molecule has 4 bridgehead atoms. The minimum Gasteiger partial charge on any atom is -0.352 e. The van der Waals surface area contributed by atoms with Crippen LogP contribution in [0.2, 0.25) is 0 Å². The van der Waals surface area contributed by atoms with E-state index in [1.54, 1.807) is 0 Å². The molecule has 0 spiro atoms. The Labute approximate surface area is 219 Å². The fourth-order valence-corrected chi connectivity index (χ4v) is 8.30. The molecule has 37 heavy (non-hydrogen) atoms. The molecular formula is C31H37N3O3. The lowest BCUT2D eigenvalue weighted by molar-refractivity contribution is -0.136. The number of hydrogen-bond acceptors (Lipinski definition) is 3. The summed E-state index contributed by atoms with van der Waals surface area (Å²) in [4.78, 5) is 41.3. The number of nitrogens with zero attached hydrogens (tertiary/aromatic N) is 1. The van der Waals surface area contributed by atoms with E-state index in [1.165, 1.54) is 38.5 Å². The fourth-order valence-electron chi connectivity index (χ4n) is 8.30. The van der Waals surface area contributed by atoms with Crippen molar-refractivity contribution in [3.05, 3.63) is 71.8 Å². The third-order valence-corrected chi connectivity index (χ3v) is 9.63. The summed E-state index contributed by atoms with van der Waals surface area (Å²) in [6.07, 6.45) is 8.39. The van der Waals surface area contributed by atoms with Gasteiger partial charge < -0.3 is 10.6 Å². The van der Waals surface area contributed by atoms with Crippen molar-refractivity contribution < 1.29 is 14.4 Å². The number of nitrogens with one attached hydrogen (secondary N) is 2. The van der Waals surface area contributed by atoms with Crippen LogP contribution in [0, 0.1) is 23.2 Å². The largest absolute Gasteiger partial charge is 0.352 e. The van der Waals surface area contributed by atoms with Crippen molar-refractivity contribution in [2.24, 2.45) is 23.2 Å². The van der Waals surface area contributed by atoms with Gasteiger partial charge in [0, 0.05) is 18.9 Å². The summed E-state index contributed by atoms with van der Waals surface area (Å²) in [6.45, 7) is 1.89. The second-order valence-corrected chi connectivity index (χ2v) is 12.3. The highest BCUT2D eigenvalue weighted by Gasteiger charge is 2.54. The molecule has 1 heterocycles. The van der Waals surface area contributed by atoms with E-state index >= 15 is 0 Å². The molecular weight excluding hydrogens is 462 g/mol. The van der Waals surface area contributed by atoms with Crippen molar-refractivity contribution in [3.8, 4) is 0 Å². The van der Waals surface area contributed by atoms with Crippen LogP contribution in [-0.2, 0) is 22.4 Å². The van der Waals surface area contributed by atoms with Gasteiger partial charge in [-0.1, -0.05) is 60.7 Å². The van der Waals surface area contributed by atoms with Crippen molar-refractivity contribution in [1.82, 2.24) is 15.5 Å². The average Bonchev–Trinajstić information content (AvgIpc) is 3.08. The topological polar surface area (TPSA) is 78.5 Å². The second kappa shape index (κ2) is 9.30. The van der Waals surface area contributed by atoms with Gasteiger partial charge in [-0.05, 0) is 79.7 Å². The van der Waals surface area contributed by atoms with E-state index in [1.807, 2.05) is 60.7 Å². The molecule has 1 saturated heterocycles. The van der Waals surface area contributed by atoms with Gasteiger partial charge in [-0.25, -0.2) is 4.79 Å². The molecule has 4 amide bonds. The summed E-state index contributed by atoms with van der Waals surface area (Å²) in [5, 5.41) is 6.21. The SMILES string of the molecule is C[C@H](NC(=O)CN1C(=O)NC(Cc2ccccc2)(Cc2ccccc2)C1=O)C12CC3CC(CC(C3)C1)C2. The molecule has 4 saturated carbocycles. The maximum atomic E-state index is 13.9. The van der Waals surface area contributed by atoms with Gasteiger partial charge in [-0.2, -0.15) is 0 Å². The van der Waals surface area contributed by atoms with Crippen LogP contribution in [0.4, 0.5) is 4.79 Å². The Hall–Kier alpha value is -3.15. The Morgan fingerprint density at radius 2 is 1.38 bits per heavy atom. The number of carbonyl (C=O) groups is 3. The van der Waals surface area contributed by atoms with E-state index < -0.39 is 11.6 Å². The molecule has 1 aliphatic heterocycles. The normalized spacial score (nSPS) is 30.3. The van der Waals surface area contributed by atoms with Crippen LogP contribution in [0.15, 0.2) is 60.7 Å². The van der Waals surface area contributed by atoms with Gasteiger partial charge >= 0.3 is 6.03 Å². The number of carbonyl (C=O) groups excluding carboxylic acids is 3.